The van der Waals surface area contributed by atoms with Crippen LogP contribution < -0.4 is 0 Å². The number of nitrogens with zero attached hydrogens (tertiary/aromatic N) is 3. The third-order valence-corrected chi connectivity index (χ3v) is 6.07. The molecule has 1 amide bonds. The maximum absolute atomic E-state index is 12.8. The number of fused-ring (bicyclic) bond motifs is 1. The molecule has 1 aromatic rings. The van der Waals surface area contributed by atoms with E-state index in [0.29, 0.717) is 18.5 Å². The molecule has 4 heterocycles. The van der Waals surface area contributed by atoms with Gasteiger partial charge < -0.3 is 14.4 Å². The molecule has 6 nitrogen and oxygen atoms in total. The highest BCUT2D eigenvalue weighted by Crippen LogP contribution is 2.35. The number of ether oxygens (including phenoxy) is 2. The lowest BCUT2D eigenvalue weighted by molar-refractivity contribution is -0.143. The molecule has 26 heavy (non-hydrogen) atoms. The van der Waals surface area contributed by atoms with E-state index in [4.69, 9.17) is 9.47 Å². The second-order valence-corrected chi connectivity index (χ2v) is 7.80. The van der Waals surface area contributed by atoms with Crippen LogP contribution in [0.4, 0.5) is 0 Å². The number of amides is 1. The minimum atomic E-state index is -0.298. The molecule has 3 fully saturated rings. The zero-order valence-corrected chi connectivity index (χ0v) is 15.5. The maximum Gasteiger partial charge on any atom is 0.251 e. The molecule has 0 aromatic carbocycles. The minimum Gasteiger partial charge on any atom is -0.381 e. The Kier molecular flexibility index (Phi) is 5.52. The number of carbonyl (C=O) groups is 1. The third-order valence-electron chi connectivity index (χ3n) is 6.07. The highest BCUT2D eigenvalue weighted by Gasteiger charge is 2.43. The molecule has 6 heteroatoms. The molecule has 0 unspecified atom stereocenters. The van der Waals surface area contributed by atoms with E-state index in [1.807, 2.05) is 25.2 Å². The van der Waals surface area contributed by atoms with E-state index in [2.05, 4.69) is 9.88 Å². The number of likely N-dealkylation sites (N-methyl/N-ethyl adjacent to an activating group) is 1. The molecule has 3 aliphatic rings. The first-order valence-electron chi connectivity index (χ1n) is 9.83. The first-order chi connectivity index (χ1) is 12.7. The topological polar surface area (TPSA) is 54.9 Å². The van der Waals surface area contributed by atoms with E-state index in [1.54, 1.807) is 11.1 Å². The summed E-state index contributed by atoms with van der Waals surface area (Å²) >= 11 is 0. The predicted octanol–water partition coefficient (Wildman–Crippen LogP) is 1.70. The average Bonchev–Trinajstić information content (AvgIpc) is 3.12. The van der Waals surface area contributed by atoms with Crippen molar-refractivity contribution in [3.8, 4) is 0 Å². The van der Waals surface area contributed by atoms with Crippen LogP contribution in [0.3, 0.4) is 0 Å². The SMILES string of the molecule is CN(Cc1ccccn1)C(=O)[C@H]1C[C@@H]2CCN(C3CCOCC3)C[C@H]2O1. The van der Waals surface area contributed by atoms with Crippen LogP contribution in [-0.4, -0.2) is 72.3 Å². The highest BCUT2D eigenvalue weighted by molar-refractivity contribution is 5.81. The first-order valence-corrected chi connectivity index (χ1v) is 9.83. The second-order valence-electron chi connectivity index (χ2n) is 7.80. The monoisotopic (exact) mass is 359 g/mol. The summed E-state index contributed by atoms with van der Waals surface area (Å²) < 4.78 is 11.7. The number of likely N-dealkylation sites (tertiary alicyclic amines) is 1. The molecule has 3 atom stereocenters. The molecule has 0 bridgehead atoms. The Morgan fingerprint density at radius 1 is 1.31 bits per heavy atom. The summed E-state index contributed by atoms with van der Waals surface area (Å²) in [5, 5.41) is 0. The number of piperidine rings is 1. The summed E-state index contributed by atoms with van der Waals surface area (Å²) in [6.45, 7) is 4.36. The van der Waals surface area contributed by atoms with Gasteiger partial charge in [0.05, 0.1) is 18.3 Å². The largest absolute Gasteiger partial charge is 0.381 e. The van der Waals surface area contributed by atoms with Crippen LogP contribution in [0.25, 0.3) is 0 Å². The van der Waals surface area contributed by atoms with E-state index >= 15 is 0 Å². The summed E-state index contributed by atoms with van der Waals surface area (Å²) in [6.07, 6.45) is 5.89. The number of rotatable bonds is 4. The van der Waals surface area contributed by atoms with E-state index in [-0.39, 0.29) is 18.1 Å². The molecule has 4 rings (SSSR count). The number of carbonyl (C=O) groups excluding carboxylic acids is 1. The molecule has 0 saturated carbocycles. The van der Waals surface area contributed by atoms with Crippen LogP contribution in [0.2, 0.25) is 0 Å². The maximum atomic E-state index is 12.8. The molecule has 0 aliphatic carbocycles. The fourth-order valence-corrected chi connectivity index (χ4v) is 4.55. The third kappa shape index (κ3) is 3.92. The Balaban J connectivity index is 1.32. The zero-order chi connectivity index (χ0) is 17.9. The van der Waals surface area contributed by atoms with Crippen molar-refractivity contribution in [2.75, 3.05) is 33.4 Å². The Bertz CT molecular complexity index is 606. The van der Waals surface area contributed by atoms with Gasteiger partial charge in [-0.25, -0.2) is 0 Å². The van der Waals surface area contributed by atoms with E-state index in [9.17, 15) is 4.79 Å². The highest BCUT2D eigenvalue weighted by atomic mass is 16.5. The van der Waals surface area contributed by atoms with E-state index < -0.39 is 0 Å². The zero-order valence-electron chi connectivity index (χ0n) is 15.5. The molecular weight excluding hydrogens is 330 g/mol. The molecule has 142 valence electrons. The smallest absolute Gasteiger partial charge is 0.251 e. The molecule has 0 radical (unpaired) electrons. The fraction of sp³-hybridized carbons (Fsp3) is 0.700. The Hall–Kier alpha value is -1.50. The van der Waals surface area contributed by atoms with Gasteiger partial charge in [-0.2, -0.15) is 0 Å². The van der Waals surface area contributed by atoms with Crippen molar-refractivity contribution in [1.29, 1.82) is 0 Å². The van der Waals surface area contributed by atoms with Crippen molar-refractivity contribution in [3.05, 3.63) is 30.1 Å². The van der Waals surface area contributed by atoms with E-state index in [1.165, 1.54) is 0 Å². The Morgan fingerprint density at radius 3 is 2.92 bits per heavy atom. The number of hydrogen-bond donors (Lipinski definition) is 0. The van der Waals surface area contributed by atoms with Gasteiger partial charge in [-0.1, -0.05) is 6.07 Å². The lowest BCUT2D eigenvalue weighted by Crippen LogP contribution is -2.49. The van der Waals surface area contributed by atoms with Crippen LogP contribution in [-0.2, 0) is 20.8 Å². The average molecular weight is 359 g/mol. The molecule has 0 N–H and O–H groups in total. The van der Waals surface area contributed by atoms with Gasteiger partial charge in [0.2, 0.25) is 0 Å². The quantitative estimate of drug-likeness (QED) is 0.819. The van der Waals surface area contributed by atoms with Crippen LogP contribution in [0.1, 0.15) is 31.4 Å². The summed E-state index contributed by atoms with van der Waals surface area (Å²) in [7, 11) is 1.84. The van der Waals surface area contributed by atoms with Crippen LogP contribution in [0.5, 0.6) is 0 Å². The fourth-order valence-electron chi connectivity index (χ4n) is 4.55. The predicted molar refractivity (Wildman–Crippen MR) is 97.5 cm³/mol. The molecular formula is C20H29N3O3. The number of pyridine rings is 1. The van der Waals surface area contributed by atoms with Gasteiger partial charge >= 0.3 is 0 Å². The molecule has 3 saturated heterocycles. The summed E-state index contributed by atoms with van der Waals surface area (Å²) in [6, 6.07) is 6.41. The van der Waals surface area contributed by atoms with E-state index in [0.717, 1.165) is 57.7 Å². The van der Waals surface area contributed by atoms with Gasteiger partial charge in [-0.05, 0) is 50.3 Å². The van der Waals surface area contributed by atoms with Crippen LogP contribution in [0.15, 0.2) is 24.4 Å². The Labute approximate surface area is 155 Å². The van der Waals surface area contributed by atoms with Gasteiger partial charge in [0.1, 0.15) is 6.10 Å². The summed E-state index contributed by atoms with van der Waals surface area (Å²) in [5.41, 5.74) is 0.907. The van der Waals surface area contributed by atoms with Crippen molar-refractivity contribution in [2.45, 2.75) is 50.5 Å². The van der Waals surface area contributed by atoms with Gasteiger partial charge in [-0.3, -0.25) is 14.7 Å². The molecule has 3 aliphatic heterocycles. The number of hydrogen-bond acceptors (Lipinski definition) is 5. The minimum absolute atomic E-state index is 0.0858. The molecule has 0 spiro atoms. The van der Waals surface area contributed by atoms with Gasteiger partial charge in [0, 0.05) is 39.0 Å². The first kappa shape index (κ1) is 17.9. The Morgan fingerprint density at radius 2 is 2.15 bits per heavy atom. The van der Waals surface area contributed by atoms with Gasteiger partial charge in [0.25, 0.3) is 5.91 Å². The summed E-state index contributed by atoms with van der Waals surface area (Å²) in [5.74, 6) is 0.603. The van der Waals surface area contributed by atoms with Gasteiger partial charge in [-0.15, -0.1) is 0 Å². The van der Waals surface area contributed by atoms with Gasteiger partial charge in [0.15, 0.2) is 0 Å². The van der Waals surface area contributed by atoms with Crippen molar-refractivity contribution < 1.29 is 14.3 Å². The van der Waals surface area contributed by atoms with Crippen molar-refractivity contribution in [2.24, 2.45) is 5.92 Å². The number of aromatic nitrogens is 1. The normalized spacial score (nSPS) is 30.1. The second kappa shape index (κ2) is 8.03. The lowest BCUT2D eigenvalue weighted by Gasteiger charge is -2.40. The summed E-state index contributed by atoms with van der Waals surface area (Å²) in [4.78, 5) is 21.4. The van der Waals surface area contributed by atoms with Crippen LogP contribution >= 0.6 is 0 Å². The van der Waals surface area contributed by atoms with Crippen molar-refractivity contribution in [3.63, 3.8) is 0 Å². The lowest BCUT2D eigenvalue weighted by atomic mass is 9.90. The van der Waals surface area contributed by atoms with Crippen LogP contribution in [0, 0.1) is 5.92 Å². The van der Waals surface area contributed by atoms with Crippen molar-refractivity contribution >= 4 is 5.91 Å². The van der Waals surface area contributed by atoms with Crippen molar-refractivity contribution in [1.82, 2.24) is 14.8 Å². The standard InChI is InChI=1S/C20H29N3O3/c1-22(13-16-4-2-3-8-21-16)20(24)18-12-15-5-9-23(14-19(15)26-18)17-6-10-25-11-7-17/h2-4,8,15,17-19H,5-7,9-14H2,1H3/t15-,18+,19+/m0/s1. The molecule has 1 aromatic heterocycles.